The molecule has 21 heavy (non-hydrogen) atoms. The van der Waals surface area contributed by atoms with Crippen LogP contribution in [-0.4, -0.2) is 39.5 Å². The minimum atomic E-state index is -3.63. The van der Waals surface area contributed by atoms with E-state index in [-0.39, 0.29) is 16.7 Å². The summed E-state index contributed by atoms with van der Waals surface area (Å²) in [5, 5.41) is 0.426. The van der Waals surface area contributed by atoms with Crippen molar-refractivity contribution >= 4 is 21.6 Å². The summed E-state index contributed by atoms with van der Waals surface area (Å²) >= 11 is 5.86. The Labute approximate surface area is 132 Å². The molecule has 0 aliphatic carbocycles. The Balaban J connectivity index is 2.95. The number of halogens is 1. The molecular formula is C14H23ClN2O3S. The third kappa shape index (κ3) is 4.57. The molecule has 0 aliphatic heterocycles. The van der Waals surface area contributed by atoms with Crippen LogP contribution in [0.3, 0.4) is 0 Å². The summed E-state index contributed by atoms with van der Waals surface area (Å²) in [6.07, 6.45) is 0.600. The molecule has 0 bridgehead atoms. The van der Waals surface area contributed by atoms with E-state index < -0.39 is 10.0 Å². The molecule has 1 aromatic rings. The molecule has 0 aliphatic rings. The maximum absolute atomic E-state index is 12.6. The molecule has 1 atom stereocenters. The Morgan fingerprint density at radius 2 is 2.00 bits per heavy atom. The van der Waals surface area contributed by atoms with E-state index in [1.807, 2.05) is 13.8 Å². The fraction of sp³-hybridized carbons (Fsp3) is 0.571. The lowest BCUT2D eigenvalue weighted by atomic mass is 10.0. The van der Waals surface area contributed by atoms with E-state index in [9.17, 15) is 8.42 Å². The van der Waals surface area contributed by atoms with Gasteiger partial charge in [-0.1, -0.05) is 25.4 Å². The molecule has 0 spiro atoms. The van der Waals surface area contributed by atoms with Crippen molar-refractivity contribution in [3.8, 4) is 5.75 Å². The molecule has 7 heteroatoms. The molecule has 0 heterocycles. The van der Waals surface area contributed by atoms with Crippen molar-refractivity contribution in [2.24, 2.45) is 11.7 Å². The van der Waals surface area contributed by atoms with E-state index in [1.165, 1.54) is 36.7 Å². The maximum atomic E-state index is 12.6. The second kappa shape index (κ2) is 7.45. The highest BCUT2D eigenvalue weighted by atomic mass is 35.5. The lowest BCUT2D eigenvalue weighted by molar-refractivity contribution is 0.386. The highest BCUT2D eigenvalue weighted by molar-refractivity contribution is 7.89. The van der Waals surface area contributed by atoms with Crippen molar-refractivity contribution < 1.29 is 13.2 Å². The second-order valence-corrected chi connectivity index (χ2v) is 7.77. The number of hydrogen-bond acceptors (Lipinski definition) is 4. The molecule has 2 N–H and O–H groups in total. The van der Waals surface area contributed by atoms with Gasteiger partial charge in [0, 0.05) is 30.7 Å². The molecule has 0 saturated heterocycles. The average Bonchev–Trinajstić information content (AvgIpc) is 2.43. The first-order chi connectivity index (χ1) is 9.70. The molecule has 1 rings (SSSR count). The van der Waals surface area contributed by atoms with Gasteiger partial charge in [-0.05, 0) is 24.5 Å². The summed E-state index contributed by atoms with van der Waals surface area (Å²) in [5.74, 6) is 0.550. The van der Waals surface area contributed by atoms with Gasteiger partial charge in [-0.15, -0.1) is 0 Å². The van der Waals surface area contributed by atoms with Gasteiger partial charge in [0.15, 0.2) is 0 Å². The minimum Gasteiger partial charge on any atom is -0.495 e. The zero-order chi connectivity index (χ0) is 16.2. The SMILES string of the molecule is COc1cc(Cl)ccc1S(=O)(=O)N(C)CCC(N)C(C)C. The monoisotopic (exact) mass is 334 g/mol. The molecular weight excluding hydrogens is 312 g/mol. The van der Waals surface area contributed by atoms with Crippen LogP contribution < -0.4 is 10.5 Å². The quantitative estimate of drug-likeness (QED) is 0.830. The Morgan fingerprint density at radius 1 is 1.38 bits per heavy atom. The Bertz CT molecular complexity index is 576. The van der Waals surface area contributed by atoms with E-state index in [0.717, 1.165) is 0 Å². The highest BCUT2D eigenvalue weighted by Crippen LogP contribution is 2.29. The molecule has 0 radical (unpaired) electrons. The molecule has 120 valence electrons. The molecule has 0 aromatic heterocycles. The number of ether oxygens (including phenoxy) is 1. The second-order valence-electron chi connectivity index (χ2n) is 5.32. The fourth-order valence-corrected chi connectivity index (χ4v) is 3.29. The smallest absolute Gasteiger partial charge is 0.246 e. The molecule has 0 saturated carbocycles. The third-order valence-corrected chi connectivity index (χ3v) is 5.58. The van der Waals surface area contributed by atoms with Gasteiger partial charge < -0.3 is 10.5 Å². The van der Waals surface area contributed by atoms with E-state index in [2.05, 4.69) is 0 Å². The summed E-state index contributed by atoms with van der Waals surface area (Å²) in [6, 6.07) is 4.44. The van der Waals surface area contributed by atoms with Crippen LogP contribution in [0.15, 0.2) is 23.1 Å². The molecule has 5 nitrogen and oxygen atoms in total. The van der Waals surface area contributed by atoms with Crippen LogP contribution in [0.25, 0.3) is 0 Å². The van der Waals surface area contributed by atoms with Gasteiger partial charge in [0.05, 0.1) is 7.11 Å². The van der Waals surface area contributed by atoms with Gasteiger partial charge in [0.1, 0.15) is 10.6 Å². The first-order valence-corrected chi connectivity index (χ1v) is 8.57. The van der Waals surface area contributed by atoms with E-state index in [4.69, 9.17) is 22.1 Å². The van der Waals surface area contributed by atoms with Gasteiger partial charge in [0.25, 0.3) is 0 Å². The first-order valence-electron chi connectivity index (χ1n) is 6.75. The van der Waals surface area contributed by atoms with Gasteiger partial charge >= 0.3 is 0 Å². The Kier molecular flexibility index (Phi) is 6.46. The maximum Gasteiger partial charge on any atom is 0.246 e. The van der Waals surface area contributed by atoms with E-state index >= 15 is 0 Å². The lowest BCUT2D eigenvalue weighted by Crippen LogP contribution is -2.34. The number of sulfonamides is 1. The third-order valence-electron chi connectivity index (χ3n) is 3.45. The van der Waals surface area contributed by atoms with Crippen LogP contribution in [-0.2, 0) is 10.0 Å². The van der Waals surface area contributed by atoms with Crippen molar-refractivity contribution in [3.05, 3.63) is 23.2 Å². The standard InChI is InChI=1S/C14H23ClN2O3S/c1-10(2)12(16)7-8-17(3)21(18,19)14-6-5-11(15)9-13(14)20-4/h5-6,9-10,12H,7-8,16H2,1-4H3. The molecule has 0 fully saturated rings. The van der Waals surface area contributed by atoms with Crippen molar-refractivity contribution in [2.75, 3.05) is 20.7 Å². The molecule has 0 amide bonds. The predicted molar refractivity (Wildman–Crippen MR) is 85.3 cm³/mol. The number of benzene rings is 1. The average molecular weight is 335 g/mol. The van der Waals surface area contributed by atoms with Gasteiger partial charge in [-0.25, -0.2) is 12.7 Å². The Hall–Kier alpha value is -0.820. The molecule has 1 unspecified atom stereocenters. The van der Waals surface area contributed by atoms with Crippen LogP contribution in [0, 0.1) is 5.92 Å². The number of rotatable bonds is 7. The Morgan fingerprint density at radius 3 is 2.52 bits per heavy atom. The van der Waals surface area contributed by atoms with Crippen molar-refractivity contribution in [1.29, 1.82) is 0 Å². The minimum absolute atomic E-state index is 0.0326. The van der Waals surface area contributed by atoms with Crippen LogP contribution >= 0.6 is 11.6 Å². The van der Waals surface area contributed by atoms with E-state index in [1.54, 1.807) is 0 Å². The van der Waals surface area contributed by atoms with Crippen molar-refractivity contribution in [2.45, 2.75) is 31.2 Å². The van der Waals surface area contributed by atoms with Crippen LogP contribution in [0.2, 0.25) is 5.02 Å². The van der Waals surface area contributed by atoms with Crippen LogP contribution in [0.1, 0.15) is 20.3 Å². The van der Waals surface area contributed by atoms with Crippen LogP contribution in [0.4, 0.5) is 0 Å². The summed E-state index contributed by atoms with van der Waals surface area (Å²) in [5.41, 5.74) is 5.96. The topological polar surface area (TPSA) is 72.6 Å². The zero-order valence-electron chi connectivity index (χ0n) is 12.8. The largest absolute Gasteiger partial charge is 0.495 e. The fourth-order valence-electron chi connectivity index (χ4n) is 1.81. The zero-order valence-corrected chi connectivity index (χ0v) is 14.4. The first kappa shape index (κ1) is 18.2. The summed E-state index contributed by atoms with van der Waals surface area (Å²) in [7, 11) is -0.672. The summed E-state index contributed by atoms with van der Waals surface area (Å²) in [6.45, 7) is 4.39. The number of nitrogens with zero attached hydrogens (tertiary/aromatic N) is 1. The summed E-state index contributed by atoms with van der Waals surface area (Å²) in [4.78, 5) is 0.106. The lowest BCUT2D eigenvalue weighted by Gasteiger charge is -2.22. The van der Waals surface area contributed by atoms with Crippen LogP contribution in [0.5, 0.6) is 5.75 Å². The highest BCUT2D eigenvalue weighted by Gasteiger charge is 2.25. The number of methoxy groups -OCH3 is 1. The predicted octanol–water partition coefficient (Wildman–Crippen LogP) is 2.34. The normalized spacial score (nSPS) is 13.7. The van der Waals surface area contributed by atoms with Crippen molar-refractivity contribution in [1.82, 2.24) is 4.31 Å². The molecule has 1 aromatic carbocycles. The van der Waals surface area contributed by atoms with Gasteiger partial charge in [0.2, 0.25) is 10.0 Å². The number of nitrogens with two attached hydrogens (primary N) is 1. The van der Waals surface area contributed by atoms with E-state index in [0.29, 0.717) is 23.9 Å². The van der Waals surface area contributed by atoms with Gasteiger partial charge in [-0.3, -0.25) is 0 Å². The van der Waals surface area contributed by atoms with Gasteiger partial charge in [-0.2, -0.15) is 0 Å². The summed E-state index contributed by atoms with van der Waals surface area (Å²) < 4.78 is 31.5. The van der Waals surface area contributed by atoms with Crippen molar-refractivity contribution in [3.63, 3.8) is 0 Å². The number of hydrogen-bond donors (Lipinski definition) is 1.